The predicted octanol–water partition coefficient (Wildman–Crippen LogP) is 3.50. The average Bonchev–Trinajstić information content (AvgIpc) is 2.94. The summed E-state index contributed by atoms with van der Waals surface area (Å²) in [6.07, 6.45) is 3.76. The van der Waals surface area contributed by atoms with Gasteiger partial charge in [-0.25, -0.2) is 0 Å². The molecule has 0 bridgehead atoms. The van der Waals surface area contributed by atoms with Gasteiger partial charge in [0, 0.05) is 15.6 Å². The molecular formula is C21H21Cl2NO3. The quantitative estimate of drug-likeness (QED) is 0.748. The van der Waals surface area contributed by atoms with Gasteiger partial charge >= 0.3 is 0 Å². The summed E-state index contributed by atoms with van der Waals surface area (Å²) in [7, 11) is 2.04. The number of benzene rings is 2. The van der Waals surface area contributed by atoms with Crippen molar-refractivity contribution in [1.82, 2.24) is 0 Å². The number of unbranched alkanes of at least 4 members (excludes halogenated alkanes) is 1. The lowest BCUT2D eigenvalue weighted by Gasteiger charge is -2.20. The number of nitrogens with one attached hydrogen (secondary N) is 1. The predicted molar refractivity (Wildman–Crippen MR) is 106 cm³/mol. The van der Waals surface area contributed by atoms with E-state index in [1.807, 2.05) is 7.05 Å². The number of allylic oxidation sites excluding steroid dienone is 1. The van der Waals surface area contributed by atoms with Crippen LogP contribution in [-0.4, -0.2) is 19.4 Å². The SMILES string of the molecule is CCCC[NH+](C)Cc1c([O-])ccc2c1OC(=Cc1ccc(Cl)cc1Cl)C2=O. The van der Waals surface area contributed by atoms with Gasteiger partial charge in [0.1, 0.15) is 12.3 Å². The van der Waals surface area contributed by atoms with Gasteiger partial charge in [0.25, 0.3) is 0 Å². The first-order chi connectivity index (χ1) is 12.9. The number of halogens is 2. The third-order valence-electron chi connectivity index (χ3n) is 4.58. The molecule has 1 heterocycles. The molecule has 1 aliphatic heterocycles. The number of ether oxygens (including phenoxy) is 1. The van der Waals surface area contributed by atoms with Crippen molar-refractivity contribution in [2.75, 3.05) is 13.6 Å². The van der Waals surface area contributed by atoms with Crippen LogP contribution in [0.25, 0.3) is 6.08 Å². The molecule has 0 saturated heterocycles. The summed E-state index contributed by atoms with van der Waals surface area (Å²) in [4.78, 5) is 13.9. The zero-order valence-electron chi connectivity index (χ0n) is 15.3. The molecule has 1 unspecified atom stereocenters. The van der Waals surface area contributed by atoms with Crippen LogP contribution >= 0.6 is 23.2 Å². The highest BCUT2D eigenvalue weighted by Gasteiger charge is 2.30. The minimum absolute atomic E-state index is 0.108. The van der Waals surface area contributed by atoms with Crippen LogP contribution in [0.5, 0.6) is 11.5 Å². The number of hydrogen-bond donors (Lipinski definition) is 1. The lowest BCUT2D eigenvalue weighted by atomic mass is 10.0. The normalized spacial score (nSPS) is 15.7. The molecule has 2 aromatic carbocycles. The van der Waals surface area contributed by atoms with Crippen LogP contribution in [0.1, 0.15) is 41.3 Å². The lowest BCUT2D eigenvalue weighted by Crippen LogP contribution is -3.07. The van der Waals surface area contributed by atoms with Gasteiger partial charge < -0.3 is 14.7 Å². The number of rotatable bonds is 6. The Morgan fingerprint density at radius 2 is 2.00 bits per heavy atom. The number of carbonyl (C=O) groups is 1. The molecule has 1 N–H and O–H groups in total. The molecule has 0 fully saturated rings. The molecule has 142 valence electrons. The van der Waals surface area contributed by atoms with E-state index in [9.17, 15) is 9.90 Å². The standard InChI is InChI=1S/C21H21Cl2NO3/c1-3-4-9-24(2)12-16-18(25)8-7-15-20(26)19(27-21(15)16)10-13-5-6-14(22)11-17(13)23/h5-8,10-11,25H,3-4,9,12H2,1-2H3. The third-order valence-corrected chi connectivity index (χ3v) is 5.15. The van der Waals surface area contributed by atoms with Gasteiger partial charge in [0.05, 0.1) is 19.2 Å². The fraction of sp³-hybridized carbons (Fsp3) is 0.286. The number of quaternary nitrogens is 1. The van der Waals surface area contributed by atoms with E-state index in [2.05, 4.69) is 6.92 Å². The van der Waals surface area contributed by atoms with Gasteiger partial charge in [0.15, 0.2) is 5.76 Å². The Morgan fingerprint density at radius 3 is 2.70 bits per heavy atom. The number of ketones is 1. The van der Waals surface area contributed by atoms with E-state index in [1.54, 1.807) is 24.3 Å². The van der Waals surface area contributed by atoms with Gasteiger partial charge in [-0.05, 0) is 36.3 Å². The summed E-state index contributed by atoms with van der Waals surface area (Å²) in [5, 5.41) is 13.3. The zero-order chi connectivity index (χ0) is 19.6. The maximum Gasteiger partial charge on any atom is 0.231 e. The van der Waals surface area contributed by atoms with E-state index < -0.39 is 0 Å². The van der Waals surface area contributed by atoms with Crippen molar-refractivity contribution in [3.05, 3.63) is 62.8 Å². The second kappa shape index (κ2) is 8.34. The maximum absolute atomic E-state index is 12.7. The van der Waals surface area contributed by atoms with Crippen molar-refractivity contribution >= 4 is 35.1 Å². The topological polar surface area (TPSA) is 53.8 Å². The number of carbonyl (C=O) groups excluding carboxylic acids is 1. The Morgan fingerprint density at radius 1 is 1.22 bits per heavy atom. The van der Waals surface area contributed by atoms with E-state index in [0.29, 0.717) is 39.0 Å². The van der Waals surface area contributed by atoms with Crippen molar-refractivity contribution in [3.63, 3.8) is 0 Å². The summed E-state index contributed by atoms with van der Waals surface area (Å²) in [6, 6.07) is 8.00. The van der Waals surface area contributed by atoms with Crippen molar-refractivity contribution < 1.29 is 19.5 Å². The van der Waals surface area contributed by atoms with Gasteiger partial charge in [-0.3, -0.25) is 4.79 Å². The smallest absolute Gasteiger partial charge is 0.231 e. The molecule has 1 atom stereocenters. The molecule has 27 heavy (non-hydrogen) atoms. The van der Waals surface area contributed by atoms with Crippen LogP contribution in [-0.2, 0) is 6.54 Å². The van der Waals surface area contributed by atoms with Gasteiger partial charge in [-0.2, -0.15) is 0 Å². The van der Waals surface area contributed by atoms with Crippen molar-refractivity contribution in [1.29, 1.82) is 0 Å². The number of Topliss-reactive ketones (excluding diaryl/α,β-unsaturated/α-hetero) is 1. The minimum Gasteiger partial charge on any atom is -0.872 e. The molecule has 2 aromatic rings. The minimum atomic E-state index is -0.247. The molecule has 4 nitrogen and oxygen atoms in total. The van der Waals surface area contributed by atoms with E-state index in [0.717, 1.165) is 19.4 Å². The number of hydrogen-bond acceptors (Lipinski definition) is 3. The molecule has 3 rings (SSSR count). The van der Waals surface area contributed by atoms with Crippen molar-refractivity contribution in [3.8, 4) is 11.5 Å². The van der Waals surface area contributed by atoms with Gasteiger partial charge in [-0.15, -0.1) is 0 Å². The highest BCUT2D eigenvalue weighted by atomic mass is 35.5. The van der Waals surface area contributed by atoms with Crippen LogP contribution in [0.4, 0.5) is 0 Å². The van der Waals surface area contributed by atoms with Crippen LogP contribution in [0.2, 0.25) is 10.0 Å². The second-order valence-corrected chi connectivity index (χ2v) is 7.61. The van der Waals surface area contributed by atoms with Crippen LogP contribution in [0.3, 0.4) is 0 Å². The van der Waals surface area contributed by atoms with Crippen LogP contribution in [0, 0.1) is 0 Å². The Hall–Kier alpha value is -2.01. The maximum atomic E-state index is 12.7. The summed E-state index contributed by atoms with van der Waals surface area (Å²) in [5.41, 5.74) is 1.59. The van der Waals surface area contributed by atoms with Gasteiger partial charge in [0.2, 0.25) is 5.78 Å². The first-order valence-electron chi connectivity index (χ1n) is 8.94. The molecule has 0 radical (unpaired) electrons. The molecular weight excluding hydrogens is 385 g/mol. The first kappa shape index (κ1) is 19.7. The summed E-state index contributed by atoms with van der Waals surface area (Å²) in [6.45, 7) is 3.61. The molecule has 0 aliphatic carbocycles. The van der Waals surface area contributed by atoms with E-state index in [-0.39, 0.29) is 17.3 Å². The average molecular weight is 406 g/mol. The van der Waals surface area contributed by atoms with Crippen molar-refractivity contribution in [2.45, 2.75) is 26.3 Å². The van der Waals surface area contributed by atoms with E-state index in [1.165, 1.54) is 17.0 Å². The highest BCUT2D eigenvalue weighted by molar-refractivity contribution is 6.35. The first-order valence-corrected chi connectivity index (χ1v) is 9.69. The van der Waals surface area contributed by atoms with E-state index in [4.69, 9.17) is 27.9 Å². The largest absolute Gasteiger partial charge is 0.872 e. The van der Waals surface area contributed by atoms with Crippen LogP contribution < -0.4 is 14.7 Å². The second-order valence-electron chi connectivity index (χ2n) is 6.76. The number of fused-ring (bicyclic) bond motifs is 1. The Labute approximate surface area is 169 Å². The molecule has 1 aliphatic rings. The van der Waals surface area contributed by atoms with Crippen LogP contribution in [0.15, 0.2) is 36.1 Å². The third kappa shape index (κ3) is 4.29. The molecule has 0 aromatic heterocycles. The molecule has 0 saturated carbocycles. The Balaban J connectivity index is 1.92. The molecule has 0 amide bonds. The summed E-state index contributed by atoms with van der Waals surface area (Å²) >= 11 is 12.1. The Bertz CT molecular complexity index is 909. The fourth-order valence-corrected chi connectivity index (χ4v) is 3.55. The Kier molecular flexibility index (Phi) is 6.10. The highest BCUT2D eigenvalue weighted by Crippen LogP contribution is 2.38. The molecule has 6 heteroatoms. The van der Waals surface area contributed by atoms with Gasteiger partial charge in [-0.1, -0.05) is 54.4 Å². The van der Waals surface area contributed by atoms with Crippen molar-refractivity contribution in [2.24, 2.45) is 0 Å². The summed E-state index contributed by atoms with van der Waals surface area (Å²) in [5.74, 6) is 0.179. The monoisotopic (exact) mass is 405 g/mol. The van der Waals surface area contributed by atoms with E-state index >= 15 is 0 Å². The zero-order valence-corrected chi connectivity index (χ0v) is 16.8. The molecule has 0 spiro atoms. The summed E-state index contributed by atoms with van der Waals surface area (Å²) < 4.78 is 5.83. The fourth-order valence-electron chi connectivity index (χ4n) is 3.09. The lowest BCUT2D eigenvalue weighted by molar-refractivity contribution is -0.894.